The molecule has 0 aliphatic heterocycles. The van der Waals surface area contributed by atoms with Gasteiger partial charge in [-0.15, -0.1) is 10.2 Å². The van der Waals surface area contributed by atoms with Crippen LogP contribution in [-0.4, -0.2) is 24.9 Å². The summed E-state index contributed by atoms with van der Waals surface area (Å²) in [6.45, 7) is 7.28. The van der Waals surface area contributed by atoms with E-state index in [1.54, 1.807) is 11.8 Å². The summed E-state index contributed by atoms with van der Waals surface area (Å²) in [4.78, 5) is 4.50. The molecule has 0 N–H and O–H groups in total. The summed E-state index contributed by atoms with van der Waals surface area (Å²) in [6.07, 6.45) is 5.59. The standard InChI is InChI=1S/C15H23N5OS/c1-4-6-7-12-16-14(21-19-12)10(3)22-15-18-17-13(11-8-9-11)20(15)5-2/h10-11H,4-9H2,1-3H3. The second kappa shape index (κ2) is 6.81. The smallest absolute Gasteiger partial charge is 0.239 e. The van der Waals surface area contributed by atoms with Crippen LogP contribution in [0.25, 0.3) is 0 Å². The van der Waals surface area contributed by atoms with Crippen LogP contribution in [0.2, 0.25) is 0 Å². The van der Waals surface area contributed by atoms with E-state index >= 15 is 0 Å². The molecule has 22 heavy (non-hydrogen) atoms. The number of thioether (sulfide) groups is 1. The number of nitrogens with zero attached hydrogens (tertiary/aromatic N) is 5. The van der Waals surface area contributed by atoms with Gasteiger partial charge in [-0.25, -0.2) is 0 Å². The molecule has 1 unspecified atom stereocenters. The van der Waals surface area contributed by atoms with E-state index < -0.39 is 0 Å². The molecule has 1 aliphatic rings. The molecule has 0 aromatic carbocycles. The quantitative estimate of drug-likeness (QED) is 0.690. The molecule has 1 aliphatic carbocycles. The zero-order valence-corrected chi connectivity index (χ0v) is 14.3. The number of aryl methyl sites for hydroxylation is 1. The van der Waals surface area contributed by atoms with E-state index in [0.29, 0.717) is 11.8 Å². The third-order valence-corrected chi connectivity index (χ3v) is 4.94. The van der Waals surface area contributed by atoms with Crippen molar-refractivity contribution in [1.82, 2.24) is 24.9 Å². The summed E-state index contributed by atoms with van der Waals surface area (Å²) in [7, 11) is 0. The van der Waals surface area contributed by atoms with Gasteiger partial charge in [-0.2, -0.15) is 4.98 Å². The van der Waals surface area contributed by atoms with Crippen molar-refractivity contribution in [2.75, 3.05) is 0 Å². The molecule has 1 atom stereocenters. The molecule has 2 aromatic rings. The maximum Gasteiger partial charge on any atom is 0.239 e. The number of rotatable bonds is 8. The van der Waals surface area contributed by atoms with Crippen molar-refractivity contribution in [3.63, 3.8) is 0 Å². The first-order chi connectivity index (χ1) is 10.7. The Hall–Kier alpha value is -1.37. The van der Waals surface area contributed by atoms with Crippen molar-refractivity contribution in [1.29, 1.82) is 0 Å². The minimum atomic E-state index is 0.0874. The molecular weight excluding hydrogens is 298 g/mol. The summed E-state index contributed by atoms with van der Waals surface area (Å²) in [6, 6.07) is 0. The Morgan fingerprint density at radius 3 is 2.82 bits per heavy atom. The lowest BCUT2D eigenvalue weighted by atomic mass is 10.2. The van der Waals surface area contributed by atoms with Crippen LogP contribution in [0.1, 0.15) is 75.2 Å². The fourth-order valence-electron chi connectivity index (χ4n) is 2.41. The van der Waals surface area contributed by atoms with Gasteiger partial charge in [0.15, 0.2) is 11.0 Å². The first-order valence-corrected chi connectivity index (χ1v) is 9.03. The van der Waals surface area contributed by atoms with Crippen LogP contribution in [0, 0.1) is 0 Å². The SMILES string of the molecule is CCCCc1noc(C(C)Sc2nnc(C3CC3)n2CC)n1. The van der Waals surface area contributed by atoms with Gasteiger partial charge in [0.2, 0.25) is 5.89 Å². The zero-order valence-electron chi connectivity index (χ0n) is 13.4. The van der Waals surface area contributed by atoms with Crippen LogP contribution in [0.5, 0.6) is 0 Å². The van der Waals surface area contributed by atoms with Gasteiger partial charge in [0.25, 0.3) is 0 Å². The van der Waals surface area contributed by atoms with Crippen molar-refractivity contribution < 1.29 is 4.52 Å². The van der Waals surface area contributed by atoms with Crippen molar-refractivity contribution in [3.8, 4) is 0 Å². The molecule has 6 nitrogen and oxygen atoms in total. The van der Waals surface area contributed by atoms with E-state index in [0.717, 1.165) is 42.6 Å². The van der Waals surface area contributed by atoms with Gasteiger partial charge < -0.3 is 9.09 Å². The molecule has 0 spiro atoms. The van der Waals surface area contributed by atoms with Gasteiger partial charge in [-0.05, 0) is 33.1 Å². The van der Waals surface area contributed by atoms with Crippen LogP contribution in [-0.2, 0) is 13.0 Å². The van der Waals surface area contributed by atoms with E-state index in [9.17, 15) is 0 Å². The maximum atomic E-state index is 5.40. The van der Waals surface area contributed by atoms with Crippen molar-refractivity contribution in [2.45, 2.75) is 75.7 Å². The van der Waals surface area contributed by atoms with Gasteiger partial charge in [-0.1, -0.05) is 30.3 Å². The van der Waals surface area contributed by atoms with Crippen LogP contribution < -0.4 is 0 Å². The molecule has 2 heterocycles. The van der Waals surface area contributed by atoms with Gasteiger partial charge in [-0.3, -0.25) is 0 Å². The number of hydrogen-bond donors (Lipinski definition) is 0. The third-order valence-electron chi connectivity index (χ3n) is 3.87. The average Bonchev–Trinajstić information content (AvgIpc) is 3.11. The van der Waals surface area contributed by atoms with Gasteiger partial charge >= 0.3 is 0 Å². The highest BCUT2D eigenvalue weighted by Gasteiger charge is 2.30. The first kappa shape index (κ1) is 15.5. The third kappa shape index (κ3) is 3.34. The number of aromatic nitrogens is 5. The summed E-state index contributed by atoms with van der Waals surface area (Å²) in [5.41, 5.74) is 0. The molecule has 0 amide bonds. The molecule has 0 bridgehead atoms. The van der Waals surface area contributed by atoms with E-state index in [-0.39, 0.29) is 5.25 Å². The minimum Gasteiger partial charge on any atom is -0.338 e. The molecule has 1 fully saturated rings. The zero-order chi connectivity index (χ0) is 15.5. The molecule has 7 heteroatoms. The second-order valence-corrected chi connectivity index (χ2v) is 7.08. The van der Waals surface area contributed by atoms with Crippen LogP contribution in [0.4, 0.5) is 0 Å². The first-order valence-electron chi connectivity index (χ1n) is 8.15. The Kier molecular flexibility index (Phi) is 4.81. The van der Waals surface area contributed by atoms with Crippen LogP contribution in [0.3, 0.4) is 0 Å². The average molecular weight is 321 g/mol. The Morgan fingerprint density at radius 2 is 2.14 bits per heavy atom. The van der Waals surface area contributed by atoms with Crippen molar-refractivity contribution >= 4 is 11.8 Å². The molecule has 0 radical (unpaired) electrons. The normalized spacial score (nSPS) is 16.1. The fourth-order valence-corrected chi connectivity index (χ4v) is 3.36. The summed E-state index contributed by atoms with van der Waals surface area (Å²) >= 11 is 1.64. The van der Waals surface area contributed by atoms with Gasteiger partial charge in [0, 0.05) is 18.9 Å². The fraction of sp³-hybridized carbons (Fsp3) is 0.733. The van der Waals surface area contributed by atoms with Gasteiger partial charge in [0.05, 0.1) is 5.25 Å². The summed E-state index contributed by atoms with van der Waals surface area (Å²) < 4.78 is 7.61. The second-order valence-electron chi connectivity index (χ2n) is 5.77. The monoisotopic (exact) mass is 321 g/mol. The Labute approximate surface area is 135 Å². The van der Waals surface area contributed by atoms with E-state index in [1.807, 2.05) is 0 Å². The lowest BCUT2D eigenvalue weighted by Gasteiger charge is -2.08. The number of hydrogen-bond acceptors (Lipinski definition) is 6. The Morgan fingerprint density at radius 1 is 1.32 bits per heavy atom. The molecule has 3 rings (SSSR count). The molecular formula is C15H23N5OS. The predicted molar refractivity (Wildman–Crippen MR) is 84.9 cm³/mol. The van der Waals surface area contributed by atoms with E-state index in [4.69, 9.17) is 4.52 Å². The summed E-state index contributed by atoms with van der Waals surface area (Å²) in [5.74, 6) is 3.22. The maximum absolute atomic E-state index is 5.40. The van der Waals surface area contributed by atoms with E-state index in [2.05, 4.69) is 45.7 Å². The predicted octanol–water partition coefficient (Wildman–Crippen LogP) is 3.75. The topological polar surface area (TPSA) is 69.6 Å². The van der Waals surface area contributed by atoms with E-state index in [1.165, 1.54) is 12.8 Å². The summed E-state index contributed by atoms with van der Waals surface area (Å²) in [5, 5.41) is 13.8. The molecule has 120 valence electrons. The number of unbranched alkanes of at least 4 members (excludes halogenated alkanes) is 1. The highest BCUT2D eigenvalue weighted by molar-refractivity contribution is 7.99. The molecule has 1 saturated carbocycles. The minimum absolute atomic E-state index is 0.0874. The van der Waals surface area contributed by atoms with Crippen LogP contribution >= 0.6 is 11.8 Å². The highest BCUT2D eigenvalue weighted by Crippen LogP contribution is 2.41. The molecule has 2 aromatic heterocycles. The lowest BCUT2D eigenvalue weighted by molar-refractivity contribution is 0.374. The Balaban J connectivity index is 1.68. The van der Waals surface area contributed by atoms with Gasteiger partial charge in [0.1, 0.15) is 5.82 Å². The largest absolute Gasteiger partial charge is 0.338 e. The van der Waals surface area contributed by atoms with Crippen LogP contribution in [0.15, 0.2) is 9.68 Å². The lowest BCUT2D eigenvalue weighted by Crippen LogP contribution is -2.03. The highest BCUT2D eigenvalue weighted by atomic mass is 32.2. The molecule has 0 saturated heterocycles. The van der Waals surface area contributed by atoms with Crippen molar-refractivity contribution in [2.24, 2.45) is 0 Å². The Bertz CT molecular complexity index is 619. The van der Waals surface area contributed by atoms with Crippen molar-refractivity contribution in [3.05, 3.63) is 17.5 Å².